The molecule has 2 aromatic carbocycles. The van der Waals surface area contributed by atoms with Crippen LogP contribution < -0.4 is 14.8 Å². The van der Waals surface area contributed by atoms with Gasteiger partial charge in [-0.3, -0.25) is 4.79 Å². The molecule has 1 heterocycles. The van der Waals surface area contributed by atoms with Crippen LogP contribution in [-0.4, -0.2) is 34.9 Å². The topological polar surface area (TPSA) is 105 Å². The first kappa shape index (κ1) is 16.8. The number of fused-ring (bicyclic) bond motifs is 1. The number of carboxylic acids is 1. The number of aliphatic hydroxyl groups is 1. The van der Waals surface area contributed by atoms with Crippen LogP contribution in [0.1, 0.15) is 17.2 Å². The summed E-state index contributed by atoms with van der Waals surface area (Å²) in [5, 5.41) is 22.2. The Balaban J connectivity index is 1.72. The SMILES string of the molecule is O=C(Cc1ccccc1)N[C@H](C(=O)O)[C@H](O)c1ccc2c(c1)OCO2. The van der Waals surface area contributed by atoms with Crippen LogP contribution in [0.4, 0.5) is 0 Å². The number of carbonyl (C=O) groups excluding carboxylic acids is 1. The summed E-state index contributed by atoms with van der Waals surface area (Å²) in [6.07, 6.45) is -1.40. The van der Waals surface area contributed by atoms with Gasteiger partial charge in [-0.05, 0) is 23.3 Å². The Morgan fingerprint density at radius 1 is 1.08 bits per heavy atom. The van der Waals surface area contributed by atoms with Crippen LogP contribution in [0.5, 0.6) is 11.5 Å². The van der Waals surface area contributed by atoms with Crippen LogP contribution in [0.3, 0.4) is 0 Å². The molecule has 0 bridgehead atoms. The van der Waals surface area contributed by atoms with Gasteiger partial charge in [0.2, 0.25) is 12.7 Å². The van der Waals surface area contributed by atoms with Crippen molar-refractivity contribution >= 4 is 11.9 Å². The average molecular weight is 343 g/mol. The van der Waals surface area contributed by atoms with E-state index in [0.29, 0.717) is 17.1 Å². The van der Waals surface area contributed by atoms with E-state index in [1.165, 1.54) is 12.1 Å². The molecule has 1 aliphatic rings. The zero-order valence-electron chi connectivity index (χ0n) is 13.2. The molecule has 0 unspecified atom stereocenters. The highest BCUT2D eigenvalue weighted by Crippen LogP contribution is 2.34. The summed E-state index contributed by atoms with van der Waals surface area (Å²) in [4.78, 5) is 23.6. The van der Waals surface area contributed by atoms with E-state index in [-0.39, 0.29) is 13.2 Å². The molecule has 2 aromatic rings. The molecule has 0 aliphatic carbocycles. The molecule has 0 saturated heterocycles. The third kappa shape index (κ3) is 3.89. The van der Waals surface area contributed by atoms with E-state index in [4.69, 9.17) is 9.47 Å². The van der Waals surface area contributed by atoms with Gasteiger partial charge in [0.1, 0.15) is 6.10 Å². The van der Waals surface area contributed by atoms with Crippen molar-refractivity contribution in [3.05, 3.63) is 59.7 Å². The maximum Gasteiger partial charge on any atom is 0.329 e. The van der Waals surface area contributed by atoms with Crippen molar-refractivity contribution in [1.29, 1.82) is 0 Å². The lowest BCUT2D eigenvalue weighted by Crippen LogP contribution is -2.45. The maximum absolute atomic E-state index is 12.1. The summed E-state index contributed by atoms with van der Waals surface area (Å²) in [7, 11) is 0. The van der Waals surface area contributed by atoms with Gasteiger partial charge in [0.15, 0.2) is 17.5 Å². The number of ether oxygens (including phenoxy) is 2. The molecule has 7 nitrogen and oxygen atoms in total. The molecule has 2 atom stereocenters. The first-order valence-electron chi connectivity index (χ1n) is 7.68. The lowest BCUT2D eigenvalue weighted by molar-refractivity contribution is -0.145. The lowest BCUT2D eigenvalue weighted by atomic mass is 10.0. The van der Waals surface area contributed by atoms with E-state index in [1.807, 2.05) is 6.07 Å². The predicted molar refractivity (Wildman–Crippen MR) is 87.2 cm³/mol. The quantitative estimate of drug-likeness (QED) is 0.729. The summed E-state index contributed by atoms with van der Waals surface area (Å²) >= 11 is 0. The molecule has 7 heteroatoms. The summed E-state index contributed by atoms with van der Waals surface area (Å²) in [5.41, 5.74) is 1.07. The molecule has 0 fully saturated rings. The number of aliphatic hydroxyl groups excluding tert-OH is 1. The molecule has 130 valence electrons. The van der Waals surface area contributed by atoms with Crippen molar-refractivity contribution in [3.63, 3.8) is 0 Å². The molecule has 0 aromatic heterocycles. The van der Waals surface area contributed by atoms with Gasteiger partial charge in [-0.2, -0.15) is 0 Å². The Hall–Kier alpha value is -3.06. The average Bonchev–Trinajstić information content (AvgIpc) is 3.07. The summed E-state index contributed by atoms with van der Waals surface area (Å²) in [5.74, 6) is -0.864. The van der Waals surface area contributed by atoms with E-state index in [2.05, 4.69) is 5.32 Å². The highest BCUT2D eigenvalue weighted by molar-refractivity contribution is 5.85. The number of hydrogen-bond acceptors (Lipinski definition) is 5. The van der Waals surface area contributed by atoms with Gasteiger partial charge in [0.05, 0.1) is 6.42 Å². The van der Waals surface area contributed by atoms with Gasteiger partial charge in [-0.25, -0.2) is 4.79 Å². The number of nitrogens with one attached hydrogen (secondary N) is 1. The van der Waals surface area contributed by atoms with Crippen molar-refractivity contribution < 1.29 is 29.3 Å². The van der Waals surface area contributed by atoms with E-state index in [1.54, 1.807) is 30.3 Å². The molecule has 25 heavy (non-hydrogen) atoms. The smallest absolute Gasteiger partial charge is 0.329 e. The molecule has 3 N–H and O–H groups in total. The van der Waals surface area contributed by atoms with E-state index in [9.17, 15) is 19.8 Å². The lowest BCUT2D eigenvalue weighted by Gasteiger charge is -2.21. The largest absolute Gasteiger partial charge is 0.480 e. The number of benzene rings is 2. The van der Waals surface area contributed by atoms with Gasteiger partial charge in [0.25, 0.3) is 0 Å². The molecule has 1 amide bonds. The van der Waals surface area contributed by atoms with Crippen LogP contribution in [0.15, 0.2) is 48.5 Å². The number of carbonyl (C=O) groups is 2. The van der Waals surface area contributed by atoms with Gasteiger partial charge >= 0.3 is 5.97 Å². The number of aliphatic carboxylic acids is 1. The summed E-state index contributed by atoms with van der Waals surface area (Å²) < 4.78 is 10.4. The predicted octanol–water partition coefficient (Wildman–Crippen LogP) is 1.26. The Morgan fingerprint density at radius 3 is 2.52 bits per heavy atom. The van der Waals surface area contributed by atoms with Crippen LogP contribution in [-0.2, 0) is 16.0 Å². The molecule has 0 radical (unpaired) electrons. The fraction of sp³-hybridized carbons (Fsp3) is 0.222. The normalized spacial score (nSPS) is 14.6. The van der Waals surface area contributed by atoms with Crippen LogP contribution >= 0.6 is 0 Å². The van der Waals surface area contributed by atoms with Crippen LogP contribution in [0.2, 0.25) is 0 Å². The number of amides is 1. The summed E-state index contributed by atoms with van der Waals surface area (Å²) in [6, 6.07) is 12.1. The van der Waals surface area contributed by atoms with Gasteiger partial charge in [-0.15, -0.1) is 0 Å². The molecule has 0 saturated carbocycles. The number of rotatable bonds is 6. The van der Waals surface area contributed by atoms with E-state index >= 15 is 0 Å². The minimum absolute atomic E-state index is 0.0263. The highest BCUT2D eigenvalue weighted by Gasteiger charge is 2.30. The second kappa shape index (κ2) is 7.23. The molecule has 0 spiro atoms. The number of carboxylic acid groups (broad SMARTS) is 1. The zero-order chi connectivity index (χ0) is 17.8. The van der Waals surface area contributed by atoms with E-state index < -0.39 is 24.0 Å². The fourth-order valence-corrected chi connectivity index (χ4v) is 2.57. The van der Waals surface area contributed by atoms with Gasteiger partial charge in [-0.1, -0.05) is 36.4 Å². The Kier molecular flexibility index (Phi) is 4.85. The van der Waals surface area contributed by atoms with Crippen molar-refractivity contribution in [2.24, 2.45) is 0 Å². The van der Waals surface area contributed by atoms with Crippen LogP contribution in [0.25, 0.3) is 0 Å². The molecule has 1 aliphatic heterocycles. The standard InChI is InChI=1S/C18H17NO6/c20-15(8-11-4-2-1-3-5-11)19-16(18(22)23)17(21)12-6-7-13-14(9-12)25-10-24-13/h1-7,9,16-17,21H,8,10H2,(H,19,20)(H,22,23)/t16-,17+/m0/s1. The van der Waals surface area contributed by atoms with Crippen LogP contribution in [0, 0.1) is 0 Å². The van der Waals surface area contributed by atoms with Crippen molar-refractivity contribution in [3.8, 4) is 11.5 Å². The van der Waals surface area contributed by atoms with Crippen molar-refractivity contribution in [2.45, 2.75) is 18.6 Å². The second-order valence-corrected chi connectivity index (χ2v) is 5.60. The minimum atomic E-state index is -1.48. The van der Waals surface area contributed by atoms with Gasteiger partial charge in [0, 0.05) is 0 Å². The van der Waals surface area contributed by atoms with E-state index in [0.717, 1.165) is 5.56 Å². The Bertz CT molecular complexity index is 776. The number of hydrogen-bond donors (Lipinski definition) is 3. The van der Waals surface area contributed by atoms with Crippen molar-refractivity contribution in [2.75, 3.05) is 6.79 Å². The van der Waals surface area contributed by atoms with Gasteiger partial charge < -0.3 is 25.0 Å². The third-order valence-corrected chi connectivity index (χ3v) is 3.84. The molecular weight excluding hydrogens is 326 g/mol. The Labute approximate surface area is 143 Å². The van der Waals surface area contributed by atoms with Crippen molar-refractivity contribution in [1.82, 2.24) is 5.32 Å². The maximum atomic E-state index is 12.1. The monoisotopic (exact) mass is 343 g/mol. The molecular formula is C18H17NO6. The molecule has 3 rings (SSSR count). The second-order valence-electron chi connectivity index (χ2n) is 5.60. The highest BCUT2D eigenvalue weighted by atomic mass is 16.7. The summed E-state index contributed by atoms with van der Waals surface area (Å²) in [6.45, 7) is 0.0745. The Morgan fingerprint density at radius 2 is 1.80 bits per heavy atom. The third-order valence-electron chi connectivity index (χ3n) is 3.84. The first-order valence-corrected chi connectivity index (χ1v) is 7.68. The zero-order valence-corrected chi connectivity index (χ0v) is 13.2. The fourth-order valence-electron chi connectivity index (χ4n) is 2.57. The minimum Gasteiger partial charge on any atom is -0.480 e. The first-order chi connectivity index (χ1) is 12.0.